The number of methoxy groups -OCH3 is 1. The van der Waals surface area contributed by atoms with Gasteiger partial charge < -0.3 is 29.4 Å². The van der Waals surface area contributed by atoms with E-state index in [1.807, 2.05) is 33.8 Å². The molecule has 0 radical (unpaired) electrons. The molecular formula is C24H30BN5O5. The van der Waals surface area contributed by atoms with Gasteiger partial charge in [0, 0.05) is 24.1 Å². The highest BCUT2D eigenvalue weighted by Crippen LogP contribution is 2.25. The number of rotatable bonds is 6. The van der Waals surface area contributed by atoms with E-state index in [1.165, 1.54) is 7.11 Å². The number of carbonyl (C=O) groups excluding carboxylic acids is 1. The molecule has 2 aliphatic heterocycles. The van der Waals surface area contributed by atoms with Gasteiger partial charge in [-0.2, -0.15) is 10.2 Å². The number of nitriles is 1. The second-order valence-electron chi connectivity index (χ2n) is 9.47. The van der Waals surface area contributed by atoms with Gasteiger partial charge in [-0.15, -0.1) is 0 Å². The molecule has 35 heavy (non-hydrogen) atoms. The number of hydrogen-bond acceptors (Lipinski definition) is 10. The number of anilines is 3. The third kappa shape index (κ3) is 5.56. The van der Waals surface area contributed by atoms with Crippen molar-refractivity contribution in [2.45, 2.75) is 45.8 Å². The van der Waals surface area contributed by atoms with Gasteiger partial charge in [0.2, 0.25) is 5.95 Å². The summed E-state index contributed by atoms with van der Waals surface area (Å²) in [7, 11) is 0.678. The van der Waals surface area contributed by atoms with Gasteiger partial charge in [-0.25, -0.2) is 9.78 Å². The second kappa shape index (κ2) is 10.2. The molecule has 1 aromatic carbocycles. The minimum absolute atomic E-state index is 0.154. The van der Waals surface area contributed by atoms with Gasteiger partial charge in [0.25, 0.3) is 0 Å². The highest BCUT2D eigenvalue weighted by molar-refractivity contribution is 6.64. The third-order valence-electron chi connectivity index (χ3n) is 6.11. The van der Waals surface area contributed by atoms with Crippen LogP contribution in [0.25, 0.3) is 0 Å². The molecule has 0 amide bonds. The summed E-state index contributed by atoms with van der Waals surface area (Å²) >= 11 is 0. The fourth-order valence-corrected chi connectivity index (χ4v) is 4.23. The van der Waals surface area contributed by atoms with Gasteiger partial charge in [-0.1, -0.05) is 0 Å². The fourth-order valence-electron chi connectivity index (χ4n) is 4.23. The molecule has 3 heterocycles. The zero-order chi connectivity index (χ0) is 25.2. The van der Waals surface area contributed by atoms with Crippen LogP contribution in [0.3, 0.4) is 0 Å². The number of ether oxygens (including phenoxy) is 2. The van der Waals surface area contributed by atoms with Gasteiger partial charge in [0.15, 0.2) is 0 Å². The Morgan fingerprint density at radius 1 is 1.31 bits per heavy atom. The Kier molecular flexibility index (Phi) is 7.26. The van der Waals surface area contributed by atoms with Crippen molar-refractivity contribution in [1.29, 1.82) is 5.26 Å². The summed E-state index contributed by atoms with van der Waals surface area (Å²) in [6, 6.07) is 5.76. The molecule has 0 unspecified atom stereocenters. The molecule has 2 fully saturated rings. The first kappa shape index (κ1) is 24.9. The maximum Gasteiger partial charge on any atom is 0.495 e. The quantitative estimate of drug-likeness (QED) is 0.471. The molecule has 2 atom stereocenters. The lowest BCUT2D eigenvalue weighted by Gasteiger charge is -2.28. The zero-order valence-electron chi connectivity index (χ0n) is 20.7. The zero-order valence-corrected chi connectivity index (χ0v) is 20.7. The summed E-state index contributed by atoms with van der Waals surface area (Å²) in [5.74, 6) is 0.323. The number of aryl methyl sites for hydroxylation is 2. The molecule has 2 N–H and O–H groups in total. The van der Waals surface area contributed by atoms with E-state index in [2.05, 4.69) is 26.7 Å². The van der Waals surface area contributed by atoms with Crippen molar-refractivity contribution < 1.29 is 23.6 Å². The van der Waals surface area contributed by atoms with Crippen molar-refractivity contribution in [2.75, 3.05) is 37.6 Å². The summed E-state index contributed by atoms with van der Waals surface area (Å²) in [6.07, 6.45) is 2.38. The lowest BCUT2D eigenvalue weighted by Crippen LogP contribution is -2.40. The molecule has 10 nitrogen and oxygen atoms in total. The van der Waals surface area contributed by atoms with E-state index >= 15 is 0 Å². The number of esters is 1. The Bertz CT molecular complexity index is 1150. The summed E-state index contributed by atoms with van der Waals surface area (Å²) in [5, 5.41) is 16.0. The number of nitrogens with one attached hydrogen (secondary N) is 2. The van der Waals surface area contributed by atoms with Crippen LogP contribution in [0, 0.1) is 31.1 Å². The maximum atomic E-state index is 12.6. The van der Waals surface area contributed by atoms with E-state index in [9.17, 15) is 10.1 Å². The highest BCUT2D eigenvalue weighted by atomic mass is 16.7. The predicted octanol–water partition coefficient (Wildman–Crippen LogP) is 2.48. The number of carbonyl (C=O) groups is 1. The summed E-state index contributed by atoms with van der Waals surface area (Å²) in [5.41, 5.74) is 2.81. The minimum Gasteiger partial charge on any atom is -0.465 e. The van der Waals surface area contributed by atoms with E-state index < -0.39 is 18.7 Å². The van der Waals surface area contributed by atoms with Crippen LogP contribution in [0.4, 0.5) is 17.5 Å². The van der Waals surface area contributed by atoms with Crippen molar-refractivity contribution in [1.82, 2.24) is 9.97 Å². The standard InChI is InChI=1S/C24H30BN5O5/c1-14-8-17(9-18(22(31)32-5)20(14)25-34-13-24(3,4)35-25)28-23-27-11-15(2)21(30-23)29-19-12-33-7-6-16(19)10-26/h8-9,11,16,19H,6-7,12-13H2,1-5H3,(H2,27,28,29,30)/t16-,19+/m0/s1. The number of benzene rings is 1. The molecule has 0 bridgehead atoms. The van der Waals surface area contributed by atoms with Crippen LogP contribution in [-0.4, -0.2) is 61.6 Å². The van der Waals surface area contributed by atoms with Gasteiger partial charge in [-0.3, -0.25) is 0 Å². The Hall–Kier alpha value is -3.20. The first-order chi connectivity index (χ1) is 16.7. The van der Waals surface area contributed by atoms with Crippen LogP contribution in [-0.2, 0) is 18.8 Å². The van der Waals surface area contributed by atoms with E-state index in [0.717, 1.165) is 11.1 Å². The van der Waals surface area contributed by atoms with Gasteiger partial charge in [-0.05, 0) is 57.3 Å². The van der Waals surface area contributed by atoms with Gasteiger partial charge >= 0.3 is 13.1 Å². The smallest absolute Gasteiger partial charge is 0.465 e. The van der Waals surface area contributed by atoms with E-state index in [4.69, 9.17) is 18.8 Å². The maximum absolute atomic E-state index is 12.6. The van der Waals surface area contributed by atoms with Crippen LogP contribution < -0.4 is 16.1 Å². The molecule has 11 heteroatoms. The second-order valence-corrected chi connectivity index (χ2v) is 9.47. The average molecular weight is 479 g/mol. The van der Waals surface area contributed by atoms with Crippen molar-refractivity contribution in [3.05, 3.63) is 35.0 Å². The highest BCUT2D eigenvalue weighted by Gasteiger charge is 2.41. The van der Waals surface area contributed by atoms with Crippen molar-refractivity contribution in [2.24, 2.45) is 5.92 Å². The number of hydrogen-bond donors (Lipinski definition) is 2. The van der Waals surface area contributed by atoms with Crippen molar-refractivity contribution in [3.8, 4) is 6.07 Å². The normalized spacial score (nSPS) is 21.3. The van der Waals surface area contributed by atoms with Crippen LogP contribution in [0.1, 0.15) is 41.8 Å². The predicted molar refractivity (Wildman–Crippen MR) is 131 cm³/mol. The molecule has 0 saturated carbocycles. The third-order valence-corrected chi connectivity index (χ3v) is 6.11. The molecule has 0 aliphatic carbocycles. The van der Waals surface area contributed by atoms with Gasteiger partial charge in [0.1, 0.15) is 5.82 Å². The van der Waals surface area contributed by atoms with Crippen LogP contribution in [0.2, 0.25) is 0 Å². The Morgan fingerprint density at radius 2 is 2.11 bits per heavy atom. The van der Waals surface area contributed by atoms with Crippen LogP contribution >= 0.6 is 0 Å². The van der Waals surface area contributed by atoms with Crippen LogP contribution in [0.5, 0.6) is 0 Å². The van der Waals surface area contributed by atoms with E-state index in [0.29, 0.717) is 54.7 Å². The Labute approximate surface area is 205 Å². The van der Waals surface area contributed by atoms with Gasteiger partial charge in [0.05, 0.1) is 49.5 Å². The summed E-state index contributed by atoms with van der Waals surface area (Å²) in [4.78, 5) is 21.6. The number of nitrogens with zero attached hydrogens (tertiary/aromatic N) is 3. The van der Waals surface area contributed by atoms with Crippen molar-refractivity contribution >= 4 is 36.0 Å². The lowest BCUT2D eigenvalue weighted by molar-refractivity contribution is 0.0601. The summed E-state index contributed by atoms with van der Waals surface area (Å²) < 4.78 is 22.4. The minimum atomic E-state index is -0.662. The Balaban J connectivity index is 1.60. The largest absolute Gasteiger partial charge is 0.495 e. The topological polar surface area (TPSA) is 128 Å². The summed E-state index contributed by atoms with van der Waals surface area (Å²) in [6.45, 7) is 9.11. The molecule has 184 valence electrons. The first-order valence-electron chi connectivity index (χ1n) is 11.6. The van der Waals surface area contributed by atoms with E-state index in [1.54, 1.807) is 12.3 Å². The monoisotopic (exact) mass is 479 g/mol. The molecule has 4 rings (SSSR count). The molecule has 1 aromatic heterocycles. The molecule has 2 aromatic rings. The molecular weight excluding hydrogens is 449 g/mol. The van der Waals surface area contributed by atoms with Crippen LogP contribution in [0.15, 0.2) is 18.3 Å². The fraction of sp³-hybridized carbons (Fsp3) is 0.500. The molecule has 2 aliphatic rings. The lowest BCUT2D eigenvalue weighted by atomic mass is 9.73. The first-order valence-corrected chi connectivity index (χ1v) is 11.6. The van der Waals surface area contributed by atoms with E-state index in [-0.39, 0.29) is 12.0 Å². The molecule has 0 spiro atoms. The number of aromatic nitrogens is 2. The SMILES string of the molecule is COC(=O)c1cc(Nc2ncc(C)c(N[C@@H]3COCC[C@H]3C#N)n2)cc(C)c1B1OCC(C)(C)O1. The average Bonchev–Trinajstić information content (AvgIpc) is 3.19. The van der Waals surface area contributed by atoms with Crippen molar-refractivity contribution in [3.63, 3.8) is 0 Å². The Morgan fingerprint density at radius 3 is 2.80 bits per heavy atom. The molecule has 2 saturated heterocycles.